The lowest BCUT2D eigenvalue weighted by Gasteiger charge is -2.25. The third-order valence-corrected chi connectivity index (χ3v) is 5.58. The first kappa shape index (κ1) is 24.5. The molecule has 1 amide bonds. The first-order valence-electron chi connectivity index (χ1n) is 11.3. The Morgan fingerprint density at radius 2 is 2.00 bits per heavy atom. The van der Waals surface area contributed by atoms with Crippen molar-refractivity contribution in [2.24, 2.45) is 5.92 Å². The van der Waals surface area contributed by atoms with Gasteiger partial charge in [-0.25, -0.2) is 0 Å². The van der Waals surface area contributed by atoms with Gasteiger partial charge in [-0.15, -0.1) is 0 Å². The highest BCUT2D eigenvalue weighted by Crippen LogP contribution is 2.40. The van der Waals surface area contributed by atoms with Crippen molar-refractivity contribution in [3.8, 4) is 5.75 Å². The fourth-order valence-electron chi connectivity index (χ4n) is 3.95. The van der Waals surface area contributed by atoms with Gasteiger partial charge in [-0.05, 0) is 75.3 Å². The number of ketones is 1. The highest BCUT2D eigenvalue weighted by molar-refractivity contribution is 6.46. The van der Waals surface area contributed by atoms with Crippen LogP contribution < -0.4 is 4.74 Å². The van der Waals surface area contributed by atoms with Crippen LogP contribution in [0.15, 0.2) is 48.3 Å². The first-order valence-corrected chi connectivity index (χ1v) is 11.3. The summed E-state index contributed by atoms with van der Waals surface area (Å²) in [5.74, 6) is -0.360. The van der Waals surface area contributed by atoms with Gasteiger partial charge in [0.05, 0.1) is 18.2 Å². The molecule has 1 aliphatic heterocycles. The Morgan fingerprint density at radius 3 is 2.61 bits per heavy atom. The summed E-state index contributed by atoms with van der Waals surface area (Å²) in [7, 11) is 3.92. The Morgan fingerprint density at radius 1 is 1.24 bits per heavy atom. The van der Waals surface area contributed by atoms with Crippen molar-refractivity contribution in [1.29, 1.82) is 0 Å². The number of benzene rings is 1. The van der Waals surface area contributed by atoms with Crippen molar-refractivity contribution in [1.82, 2.24) is 14.8 Å². The molecule has 1 atom stereocenters. The number of hydrogen-bond donors (Lipinski definition) is 1. The zero-order chi connectivity index (χ0) is 24.1. The number of carbonyl (C=O) groups excluding carboxylic acids is 2. The van der Waals surface area contributed by atoms with E-state index in [0.29, 0.717) is 42.4 Å². The number of likely N-dealkylation sites (tertiary alicyclic amines) is 1. The van der Waals surface area contributed by atoms with Crippen LogP contribution in [0.2, 0.25) is 0 Å². The molecule has 2 heterocycles. The number of amides is 1. The van der Waals surface area contributed by atoms with E-state index in [2.05, 4.69) is 18.8 Å². The van der Waals surface area contributed by atoms with E-state index >= 15 is 0 Å². The maximum Gasteiger partial charge on any atom is 0.295 e. The zero-order valence-electron chi connectivity index (χ0n) is 20.0. The predicted octanol–water partition coefficient (Wildman–Crippen LogP) is 3.80. The van der Waals surface area contributed by atoms with Gasteiger partial charge in [0, 0.05) is 24.5 Å². The van der Waals surface area contributed by atoms with Gasteiger partial charge < -0.3 is 19.6 Å². The second-order valence-corrected chi connectivity index (χ2v) is 9.12. The first-order chi connectivity index (χ1) is 15.7. The molecule has 1 aromatic heterocycles. The number of rotatable bonds is 9. The molecule has 1 N–H and O–H groups in total. The van der Waals surface area contributed by atoms with Gasteiger partial charge in [0.1, 0.15) is 11.5 Å². The smallest absolute Gasteiger partial charge is 0.295 e. The topological polar surface area (TPSA) is 83.0 Å². The Hall–Kier alpha value is -3.19. The summed E-state index contributed by atoms with van der Waals surface area (Å²) in [5, 5.41) is 11.3. The minimum absolute atomic E-state index is 0.0943. The van der Waals surface area contributed by atoms with E-state index in [-0.39, 0.29) is 11.3 Å². The van der Waals surface area contributed by atoms with Gasteiger partial charge >= 0.3 is 0 Å². The van der Waals surface area contributed by atoms with E-state index in [1.807, 2.05) is 38.1 Å². The van der Waals surface area contributed by atoms with E-state index in [0.717, 1.165) is 12.1 Å². The van der Waals surface area contributed by atoms with E-state index in [1.54, 1.807) is 35.5 Å². The van der Waals surface area contributed by atoms with Gasteiger partial charge in [0.15, 0.2) is 0 Å². The standard InChI is InChI=1S/C26H33N3O4/c1-17(2)16-33-20-9-10-21(18(3)14-20)24(30)22-23(19-8-6-11-27-15-19)29(26(32)25(22)31)13-7-12-28(4)5/h6,8-11,14-15,17,23,30H,7,12-13,16H2,1-5H3/b24-22+/t23-/m1/s1. The van der Waals surface area contributed by atoms with Crippen LogP contribution in [0.5, 0.6) is 5.75 Å². The number of ether oxygens (including phenoxy) is 1. The molecule has 1 fully saturated rings. The van der Waals surface area contributed by atoms with Crippen LogP contribution >= 0.6 is 0 Å². The Balaban J connectivity index is 2.02. The van der Waals surface area contributed by atoms with Crippen LogP contribution in [0.4, 0.5) is 0 Å². The van der Waals surface area contributed by atoms with Crippen molar-refractivity contribution in [3.05, 3.63) is 65.0 Å². The van der Waals surface area contributed by atoms with E-state index in [4.69, 9.17) is 4.74 Å². The van der Waals surface area contributed by atoms with Gasteiger partial charge in [0.25, 0.3) is 11.7 Å². The summed E-state index contributed by atoms with van der Waals surface area (Å²) in [6.07, 6.45) is 3.98. The lowest BCUT2D eigenvalue weighted by molar-refractivity contribution is -0.139. The highest BCUT2D eigenvalue weighted by atomic mass is 16.5. The fraction of sp³-hybridized carbons (Fsp3) is 0.423. The van der Waals surface area contributed by atoms with Crippen molar-refractivity contribution in [2.45, 2.75) is 33.2 Å². The van der Waals surface area contributed by atoms with Gasteiger partial charge in [-0.1, -0.05) is 19.9 Å². The normalized spacial score (nSPS) is 17.9. The molecule has 176 valence electrons. The number of pyridine rings is 1. The molecule has 1 aliphatic rings. The summed E-state index contributed by atoms with van der Waals surface area (Å²) >= 11 is 0. The molecule has 0 radical (unpaired) electrons. The van der Waals surface area contributed by atoms with E-state index in [9.17, 15) is 14.7 Å². The maximum absolute atomic E-state index is 13.1. The molecule has 7 nitrogen and oxygen atoms in total. The number of nitrogens with zero attached hydrogens (tertiary/aromatic N) is 3. The van der Waals surface area contributed by atoms with Crippen LogP contribution in [0, 0.1) is 12.8 Å². The van der Waals surface area contributed by atoms with Crippen LogP contribution in [0.3, 0.4) is 0 Å². The third kappa shape index (κ3) is 5.60. The molecule has 0 aliphatic carbocycles. The average Bonchev–Trinajstić information content (AvgIpc) is 3.02. The number of aliphatic hydroxyl groups excluding tert-OH is 1. The molecule has 0 saturated carbocycles. The van der Waals surface area contributed by atoms with Crippen LogP contribution in [0.25, 0.3) is 5.76 Å². The minimum atomic E-state index is -0.683. The maximum atomic E-state index is 13.1. The Bertz CT molecular complexity index is 1030. The molecule has 3 rings (SSSR count). The quantitative estimate of drug-likeness (QED) is 0.355. The molecular formula is C26H33N3O4. The Labute approximate surface area is 195 Å². The SMILES string of the molecule is Cc1cc(OCC(C)C)ccc1/C(O)=C1\C(=O)C(=O)N(CCCN(C)C)[C@@H]1c1cccnc1. The summed E-state index contributed by atoms with van der Waals surface area (Å²) in [6.45, 7) is 7.76. The molecule has 2 aromatic rings. The van der Waals surface area contributed by atoms with Crippen LogP contribution in [-0.4, -0.2) is 65.4 Å². The third-order valence-electron chi connectivity index (χ3n) is 5.58. The Kier molecular flexibility index (Phi) is 7.87. The van der Waals surface area contributed by atoms with Crippen molar-refractivity contribution in [3.63, 3.8) is 0 Å². The molecule has 7 heteroatoms. The predicted molar refractivity (Wildman–Crippen MR) is 128 cm³/mol. The summed E-state index contributed by atoms with van der Waals surface area (Å²) < 4.78 is 5.78. The van der Waals surface area contributed by atoms with Crippen molar-refractivity contribution in [2.75, 3.05) is 33.8 Å². The molecule has 33 heavy (non-hydrogen) atoms. The van der Waals surface area contributed by atoms with Gasteiger partial charge in [-0.2, -0.15) is 0 Å². The lowest BCUT2D eigenvalue weighted by atomic mass is 9.94. The molecule has 0 bridgehead atoms. The van der Waals surface area contributed by atoms with Crippen molar-refractivity contribution >= 4 is 17.4 Å². The van der Waals surface area contributed by atoms with Crippen LogP contribution in [-0.2, 0) is 9.59 Å². The fourth-order valence-corrected chi connectivity index (χ4v) is 3.95. The molecule has 0 unspecified atom stereocenters. The number of aryl methyl sites for hydroxylation is 1. The second kappa shape index (κ2) is 10.6. The molecule has 1 saturated heterocycles. The number of carbonyl (C=O) groups is 2. The number of hydrogen-bond acceptors (Lipinski definition) is 6. The average molecular weight is 452 g/mol. The molecule has 1 aromatic carbocycles. The number of Topliss-reactive ketones (excluding diaryl/α,β-unsaturated/α-hetero) is 1. The largest absolute Gasteiger partial charge is 0.507 e. The summed E-state index contributed by atoms with van der Waals surface area (Å²) in [4.78, 5) is 33.8. The van der Waals surface area contributed by atoms with Crippen LogP contribution in [0.1, 0.15) is 43.0 Å². The summed E-state index contributed by atoms with van der Waals surface area (Å²) in [6, 6.07) is 8.25. The highest BCUT2D eigenvalue weighted by Gasteiger charge is 2.46. The molecule has 0 spiro atoms. The number of aliphatic hydroxyl groups is 1. The number of aromatic nitrogens is 1. The zero-order valence-corrected chi connectivity index (χ0v) is 20.0. The summed E-state index contributed by atoms with van der Waals surface area (Å²) in [5.41, 5.74) is 2.05. The van der Waals surface area contributed by atoms with Gasteiger partial charge in [-0.3, -0.25) is 14.6 Å². The second-order valence-electron chi connectivity index (χ2n) is 9.12. The van der Waals surface area contributed by atoms with Gasteiger partial charge in [0.2, 0.25) is 0 Å². The van der Waals surface area contributed by atoms with E-state index < -0.39 is 17.7 Å². The van der Waals surface area contributed by atoms with Crippen molar-refractivity contribution < 1.29 is 19.4 Å². The molecular weight excluding hydrogens is 418 g/mol. The minimum Gasteiger partial charge on any atom is -0.507 e. The lowest BCUT2D eigenvalue weighted by Crippen LogP contribution is -2.32. The van der Waals surface area contributed by atoms with E-state index in [1.165, 1.54) is 0 Å². The monoisotopic (exact) mass is 451 g/mol.